The Bertz CT molecular complexity index is 710. The molecule has 0 radical (unpaired) electrons. The van der Waals surface area contributed by atoms with Crippen LogP contribution >= 0.6 is 11.8 Å². The summed E-state index contributed by atoms with van der Waals surface area (Å²) in [7, 11) is 1.90. The monoisotopic (exact) mass is 317 g/mol. The van der Waals surface area contributed by atoms with Crippen molar-refractivity contribution in [2.24, 2.45) is 7.05 Å². The lowest BCUT2D eigenvalue weighted by Crippen LogP contribution is -2.05. The maximum atomic E-state index is 6.47. The van der Waals surface area contributed by atoms with E-state index in [1.165, 1.54) is 30.4 Å². The van der Waals surface area contributed by atoms with E-state index < -0.39 is 0 Å². The van der Waals surface area contributed by atoms with Crippen LogP contribution in [0.1, 0.15) is 45.1 Å². The zero-order valence-corrected chi connectivity index (χ0v) is 14.3. The fourth-order valence-electron chi connectivity index (χ4n) is 3.02. The van der Waals surface area contributed by atoms with Crippen molar-refractivity contribution in [2.45, 2.75) is 44.6 Å². The van der Waals surface area contributed by atoms with Gasteiger partial charge in [-0.05, 0) is 43.9 Å². The van der Waals surface area contributed by atoms with Gasteiger partial charge in [0.05, 0.1) is 5.56 Å². The van der Waals surface area contributed by atoms with Gasteiger partial charge in [-0.2, -0.15) is 14.9 Å². The molecule has 0 aromatic carbocycles. The van der Waals surface area contributed by atoms with E-state index in [4.69, 9.17) is 10.8 Å². The Morgan fingerprint density at radius 2 is 2.05 bits per heavy atom. The molecular weight excluding hydrogens is 294 g/mol. The molecular formula is C16H23N5S. The summed E-state index contributed by atoms with van der Waals surface area (Å²) in [6, 6.07) is 1.94. The van der Waals surface area contributed by atoms with E-state index in [1.54, 1.807) is 21.1 Å². The summed E-state index contributed by atoms with van der Waals surface area (Å²) in [5.41, 5.74) is 10.5. The molecule has 22 heavy (non-hydrogen) atoms. The zero-order chi connectivity index (χ0) is 15.7. The summed E-state index contributed by atoms with van der Waals surface area (Å²) < 4.78 is 3.55. The first-order valence-electron chi connectivity index (χ1n) is 7.82. The summed E-state index contributed by atoms with van der Waals surface area (Å²) in [6.07, 6.45) is 6.69. The third-order valence-electron chi connectivity index (χ3n) is 4.13. The minimum Gasteiger partial charge on any atom is -0.383 e. The van der Waals surface area contributed by atoms with Gasteiger partial charge in [0.2, 0.25) is 0 Å². The normalized spacial score (nSPS) is 15.6. The van der Waals surface area contributed by atoms with E-state index in [2.05, 4.69) is 18.9 Å². The van der Waals surface area contributed by atoms with Gasteiger partial charge in [0, 0.05) is 19.3 Å². The number of nitrogens with two attached hydrogens (primary N) is 1. The first kappa shape index (κ1) is 15.2. The number of aromatic nitrogens is 4. The highest BCUT2D eigenvalue weighted by Gasteiger charge is 2.23. The molecule has 2 aromatic heterocycles. The highest BCUT2D eigenvalue weighted by Crippen LogP contribution is 2.40. The number of thioether (sulfide) groups is 1. The number of nitrogen functional groups attached to an aromatic ring is 1. The highest BCUT2D eigenvalue weighted by atomic mass is 32.2. The topological polar surface area (TPSA) is 61.7 Å². The Labute approximate surface area is 135 Å². The van der Waals surface area contributed by atoms with Crippen molar-refractivity contribution in [2.75, 3.05) is 11.5 Å². The average Bonchev–Trinajstić information content (AvgIpc) is 3.05. The second-order valence-electron chi connectivity index (χ2n) is 5.72. The van der Waals surface area contributed by atoms with Gasteiger partial charge in [-0.25, -0.2) is 0 Å². The molecule has 5 nitrogen and oxygen atoms in total. The lowest BCUT2D eigenvalue weighted by Gasteiger charge is -2.18. The molecule has 0 saturated carbocycles. The molecule has 1 aliphatic carbocycles. The van der Waals surface area contributed by atoms with Gasteiger partial charge in [-0.15, -0.1) is 11.8 Å². The predicted octanol–water partition coefficient (Wildman–Crippen LogP) is 3.65. The summed E-state index contributed by atoms with van der Waals surface area (Å²) >= 11 is 1.75. The van der Waals surface area contributed by atoms with Crippen LogP contribution < -0.4 is 5.73 Å². The van der Waals surface area contributed by atoms with Gasteiger partial charge in [0.15, 0.2) is 5.82 Å². The Morgan fingerprint density at radius 1 is 1.27 bits per heavy atom. The standard InChI is InChI=1S/C16H23N5S/c1-4-22-16-14(12-8-6-5-7-11(12)2)15(17)21(19-16)13-9-10-20(3)18-13/h9-10H,4-8,17H2,1-3H3. The van der Waals surface area contributed by atoms with Crippen molar-refractivity contribution in [3.63, 3.8) is 0 Å². The van der Waals surface area contributed by atoms with E-state index >= 15 is 0 Å². The number of rotatable bonds is 4. The molecule has 2 N–H and O–H groups in total. The van der Waals surface area contributed by atoms with Gasteiger partial charge in [-0.1, -0.05) is 12.5 Å². The molecule has 0 amide bonds. The maximum absolute atomic E-state index is 6.47. The Hall–Kier alpha value is -1.69. The van der Waals surface area contributed by atoms with Gasteiger partial charge in [0.25, 0.3) is 0 Å². The quantitative estimate of drug-likeness (QED) is 0.874. The van der Waals surface area contributed by atoms with Crippen molar-refractivity contribution >= 4 is 23.2 Å². The van der Waals surface area contributed by atoms with Crippen molar-refractivity contribution in [3.05, 3.63) is 23.4 Å². The summed E-state index contributed by atoms with van der Waals surface area (Å²) in [5, 5.41) is 10.2. The molecule has 0 unspecified atom stereocenters. The minimum atomic E-state index is 0.714. The van der Waals surface area contributed by atoms with Crippen LogP contribution in [0.3, 0.4) is 0 Å². The number of anilines is 1. The predicted molar refractivity (Wildman–Crippen MR) is 92.2 cm³/mol. The molecule has 2 aromatic rings. The minimum absolute atomic E-state index is 0.714. The summed E-state index contributed by atoms with van der Waals surface area (Å²) in [5.74, 6) is 2.47. The van der Waals surface area contributed by atoms with E-state index in [-0.39, 0.29) is 0 Å². The average molecular weight is 317 g/mol. The lowest BCUT2D eigenvalue weighted by molar-refractivity contribution is 0.713. The lowest BCUT2D eigenvalue weighted by atomic mass is 9.89. The van der Waals surface area contributed by atoms with Crippen LogP contribution in [0.5, 0.6) is 0 Å². The van der Waals surface area contributed by atoms with Crippen LogP contribution in [0.15, 0.2) is 22.9 Å². The van der Waals surface area contributed by atoms with Crippen LogP contribution in [0.2, 0.25) is 0 Å². The number of allylic oxidation sites excluding steroid dienone is 2. The molecule has 0 bridgehead atoms. The van der Waals surface area contributed by atoms with E-state index in [1.807, 2.05) is 19.3 Å². The summed E-state index contributed by atoms with van der Waals surface area (Å²) in [6.45, 7) is 4.37. The zero-order valence-electron chi connectivity index (χ0n) is 13.5. The number of aryl methyl sites for hydroxylation is 1. The smallest absolute Gasteiger partial charge is 0.177 e. The van der Waals surface area contributed by atoms with Crippen LogP contribution in [-0.2, 0) is 7.05 Å². The number of hydrogen-bond donors (Lipinski definition) is 1. The molecule has 118 valence electrons. The molecule has 0 atom stereocenters. The molecule has 6 heteroatoms. The third-order valence-corrected chi connectivity index (χ3v) is 4.98. The SMILES string of the molecule is CCSc1nn(-c2ccn(C)n2)c(N)c1C1=C(C)CCCC1. The fraction of sp³-hybridized carbons (Fsp3) is 0.500. The molecule has 3 rings (SSSR count). The molecule has 0 aliphatic heterocycles. The van der Waals surface area contributed by atoms with E-state index in [9.17, 15) is 0 Å². The van der Waals surface area contributed by atoms with Crippen LogP contribution in [0.25, 0.3) is 11.4 Å². The second kappa shape index (κ2) is 6.20. The first-order chi connectivity index (χ1) is 10.6. The Balaban J connectivity index is 2.14. The Morgan fingerprint density at radius 3 is 2.68 bits per heavy atom. The van der Waals surface area contributed by atoms with Gasteiger partial charge in [-0.3, -0.25) is 4.68 Å². The second-order valence-corrected chi connectivity index (χ2v) is 6.98. The van der Waals surface area contributed by atoms with Crippen LogP contribution in [-0.4, -0.2) is 25.3 Å². The van der Waals surface area contributed by atoms with E-state index in [0.29, 0.717) is 5.82 Å². The molecule has 0 saturated heterocycles. The van der Waals surface area contributed by atoms with Gasteiger partial charge >= 0.3 is 0 Å². The van der Waals surface area contributed by atoms with Crippen LogP contribution in [0, 0.1) is 0 Å². The Kier molecular flexibility index (Phi) is 4.29. The largest absolute Gasteiger partial charge is 0.383 e. The fourth-order valence-corrected chi connectivity index (χ4v) is 3.80. The van der Waals surface area contributed by atoms with E-state index in [0.717, 1.165) is 28.6 Å². The highest BCUT2D eigenvalue weighted by molar-refractivity contribution is 7.99. The number of nitrogens with zero attached hydrogens (tertiary/aromatic N) is 4. The van der Waals surface area contributed by atoms with Gasteiger partial charge in [0.1, 0.15) is 10.8 Å². The first-order valence-corrected chi connectivity index (χ1v) is 8.80. The van der Waals surface area contributed by atoms with Crippen molar-refractivity contribution < 1.29 is 0 Å². The molecule has 1 aliphatic rings. The molecule has 2 heterocycles. The number of hydrogen-bond acceptors (Lipinski definition) is 4. The van der Waals surface area contributed by atoms with Gasteiger partial charge < -0.3 is 5.73 Å². The van der Waals surface area contributed by atoms with Crippen molar-refractivity contribution in [1.82, 2.24) is 19.6 Å². The van der Waals surface area contributed by atoms with Crippen LogP contribution in [0.4, 0.5) is 5.82 Å². The third kappa shape index (κ3) is 2.67. The van der Waals surface area contributed by atoms with Crippen molar-refractivity contribution in [3.8, 4) is 5.82 Å². The van der Waals surface area contributed by atoms with Crippen molar-refractivity contribution in [1.29, 1.82) is 0 Å². The summed E-state index contributed by atoms with van der Waals surface area (Å²) in [4.78, 5) is 0. The molecule has 0 spiro atoms. The maximum Gasteiger partial charge on any atom is 0.177 e. The molecule has 0 fully saturated rings.